The summed E-state index contributed by atoms with van der Waals surface area (Å²) < 4.78 is 27.9. The first-order chi connectivity index (χ1) is 12.0. The lowest BCUT2D eigenvalue weighted by atomic mass is 10.1. The molecule has 0 heterocycles. The number of rotatable bonds is 6. The van der Waals surface area contributed by atoms with Gasteiger partial charge in [0, 0.05) is 6.08 Å². The van der Waals surface area contributed by atoms with E-state index in [-0.39, 0.29) is 18.0 Å². The maximum absolute atomic E-state index is 12.9. The molecular formula is C19H17FO5. The molecule has 130 valence electrons. The van der Waals surface area contributed by atoms with Crippen LogP contribution in [0.15, 0.2) is 48.5 Å². The highest BCUT2D eigenvalue weighted by Gasteiger charge is 2.11. The van der Waals surface area contributed by atoms with Crippen LogP contribution < -0.4 is 9.47 Å². The topological polar surface area (TPSA) is 61.8 Å². The van der Waals surface area contributed by atoms with Gasteiger partial charge in [-0.1, -0.05) is 18.2 Å². The van der Waals surface area contributed by atoms with E-state index in [0.29, 0.717) is 16.9 Å². The Bertz CT molecular complexity index is 781. The van der Waals surface area contributed by atoms with E-state index in [2.05, 4.69) is 4.74 Å². The fraction of sp³-hybridized carbons (Fsp3) is 0.158. The van der Waals surface area contributed by atoms with E-state index in [1.165, 1.54) is 44.6 Å². The van der Waals surface area contributed by atoms with Crippen molar-refractivity contribution in [2.75, 3.05) is 14.2 Å². The molecule has 0 N–H and O–H groups in total. The average molecular weight is 344 g/mol. The van der Waals surface area contributed by atoms with E-state index < -0.39 is 11.9 Å². The Morgan fingerprint density at radius 1 is 1.04 bits per heavy atom. The third-order valence-electron chi connectivity index (χ3n) is 3.29. The molecule has 0 aromatic heterocycles. The number of hydrogen-bond acceptors (Lipinski definition) is 5. The number of carbonyl (C=O) groups excluding carboxylic acids is 2. The fourth-order valence-electron chi connectivity index (χ4n) is 2.03. The van der Waals surface area contributed by atoms with Crippen LogP contribution in [0, 0.1) is 5.82 Å². The number of halogens is 1. The van der Waals surface area contributed by atoms with Gasteiger partial charge in [0.2, 0.25) is 0 Å². The van der Waals surface area contributed by atoms with Crippen molar-refractivity contribution in [1.82, 2.24) is 0 Å². The molecule has 2 rings (SSSR count). The van der Waals surface area contributed by atoms with Crippen LogP contribution in [0.3, 0.4) is 0 Å². The molecule has 0 fully saturated rings. The highest BCUT2D eigenvalue weighted by Crippen LogP contribution is 2.29. The number of hydrogen-bond donors (Lipinski definition) is 0. The van der Waals surface area contributed by atoms with Crippen molar-refractivity contribution in [3.8, 4) is 11.5 Å². The molecule has 2 aromatic carbocycles. The molecule has 0 saturated heterocycles. The summed E-state index contributed by atoms with van der Waals surface area (Å²) in [6.07, 6.45) is 2.83. The second-order valence-corrected chi connectivity index (χ2v) is 5.04. The van der Waals surface area contributed by atoms with Gasteiger partial charge in [0.1, 0.15) is 5.82 Å². The van der Waals surface area contributed by atoms with Gasteiger partial charge < -0.3 is 14.2 Å². The third kappa shape index (κ3) is 5.46. The van der Waals surface area contributed by atoms with Crippen LogP contribution in [0.2, 0.25) is 0 Å². The summed E-state index contributed by atoms with van der Waals surface area (Å²) in [7, 11) is 2.73. The van der Waals surface area contributed by atoms with Gasteiger partial charge >= 0.3 is 11.9 Å². The molecule has 6 heteroatoms. The smallest absolute Gasteiger partial charge is 0.330 e. The van der Waals surface area contributed by atoms with Crippen molar-refractivity contribution in [2.24, 2.45) is 0 Å². The Balaban J connectivity index is 2.08. The Hall–Kier alpha value is -3.15. The first-order valence-electron chi connectivity index (χ1n) is 7.41. The van der Waals surface area contributed by atoms with Gasteiger partial charge in [0.15, 0.2) is 11.5 Å². The monoisotopic (exact) mass is 344 g/mol. The van der Waals surface area contributed by atoms with Crippen LogP contribution in [-0.4, -0.2) is 26.2 Å². The van der Waals surface area contributed by atoms with E-state index in [1.54, 1.807) is 24.3 Å². The Morgan fingerprint density at radius 2 is 1.76 bits per heavy atom. The lowest BCUT2D eigenvalue weighted by Crippen LogP contribution is -2.12. The van der Waals surface area contributed by atoms with Crippen molar-refractivity contribution >= 4 is 18.0 Å². The van der Waals surface area contributed by atoms with Crippen molar-refractivity contribution in [3.05, 3.63) is 65.5 Å². The maximum Gasteiger partial charge on any atom is 0.330 e. The summed E-state index contributed by atoms with van der Waals surface area (Å²) in [5, 5.41) is 0. The zero-order chi connectivity index (χ0) is 18.2. The van der Waals surface area contributed by atoms with E-state index in [1.807, 2.05) is 0 Å². The van der Waals surface area contributed by atoms with Gasteiger partial charge in [-0.25, -0.2) is 9.18 Å². The molecule has 0 atom stereocenters. The first-order valence-corrected chi connectivity index (χ1v) is 7.41. The largest absolute Gasteiger partial charge is 0.493 e. The molecule has 5 nitrogen and oxygen atoms in total. The van der Waals surface area contributed by atoms with Gasteiger partial charge in [0.05, 0.1) is 20.6 Å². The van der Waals surface area contributed by atoms with Crippen molar-refractivity contribution in [1.29, 1.82) is 0 Å². The van der Waals surface area contributed by atoms with Gasteiger partial charge in [-0.2, -0.15) is 0 Å². The Morgan fingerprint density at radius 3 is 2.40 bits per heavy atom. The minimum absolute atomic E-state index is 0.00737. The Kier molecular flexibility index (Phi) is 6.28. The quantitative estimate of drug-likeness (QED) is 0.458. The number of benzene rings is 2. The second-order valence-electron chi connectivity index (χ2n) is 5.04. The van der Waals surface area contributed by atoms with Crippen molar-refractivity contribution in [3.63, 3.8) is 0 Å². The van der Waals surface area contributed by atoms with Gasteiger partial charge in [-0.05, 0) is 41.5 Å². The van der Waals surface area contributed by atoms with Crippen LogP contribution in [0.25, 0.3) is 6.08 Å². The molecule has 2 aromatic rings. The highest BCUT2D eigenvalue weighted by atomic mass is 19.1. The van der Waals surface area contributed by atoms with Gasteiger partial charge in [-0.15, -0.1) is 0 Å². The molecule has 0 bridgehead atoms. The van der Waals surface area contributed by atoms with Crippen LogP contribution in [-0.2, 0) is 20.7 Å². The third-order valence-corrected chi connectivity index (χ3v) is 3.29. The van der Waals surface area contributed by atoms with E-state index in [4.69, 9.17) is 9.47 Å². The molecule has 0 saturated carbocycles. The van der Waals surface area contributed by atoms with Crippen LogP contribution in [0.1, 0.15) is 11.1 Å². The Labute approximate surface area is 144 Å². The zero-order valence-corrected chi connectivity index (χ0v) is 13.8. The first kappa shape index (κ1) is 18.2. The molecule has 25 heavy (non-hydrogen) atoms. The van der Waals surface area contributed by atoms with Crippen LogP contribution >= 0.6 is 0 Å². The lowest BCUT2D eigenvalue weighted by molar-refractivity contribution is -0.135. The standard InChI is InChI=1S/C19H17FO5/c1-23-17-11-13(6-10-18(21)24-2)5-9-16(17)25-19(22)12-14-3-7-15(20)8-4-14/h3-11H,12H2,1-2H3. The van der Waals surface area contributed by atoms with Crippen molar-refractivity contribution in [2.45, 2.75) is 6.42 Å². The predicted octanol–water partition coefficient (Wildman–Crippen LogP) is 3.17. The van der Waals surface area contributed by atoms with E-state index in [0.717, 1.165) is 0 Å². The molecule has 0 amide bonds. The number of esters is 2. The lowest BCUT2D eigenvalue weighted by Gasteiger charge is -2.10. The second kappa shape index (κ2) is 8.63. The van der Waals surface area contributed by atoms with Crippen LogP contribution in [0.4, 0.5) is 4.39 Å². The highest BCUT2D eigenvalue weighted by molar-refractivity contribution is 5.87. The van der Waals surface area contributed by atoms with Gasteiger partial charge in [0.25, 0.3) is 0 Å². The summed E-state index contributed by atoms with van der Waals surface area (Å²) >= 11 is 0. The minimum Gasteiger partial charge on any atom is -0.493 e. The van der Waals surface area contributed by atoms with Crippen molar-refractivity contribution < 1.29 is 28.2 Å². The molecule has 0 aliphatic heterocycles. The van der Waals surface area contributed by atoms with Crippen LogP contribution in [0.5, 0.6) is 11.5 Å². The summed E-state index contributed by atoms with van der Waals surface area (Å²) in [5.74, 6) is -0.741. The average Bonchev–Trinajstić information content (AvgIpc) is 2.62. The molecular weight excluding hydrogens is 327 g/mol. The number of carbonyl (C=O) groups is 2. The summed E-state index contributed by atoms with van der Waals surface area (Å²) in [5.41, 5.74) is 1.32. The summed E-state index contributed by atoms with van der Waals surface area (Å²) in [4.78, 5) is 23.1. The maximum atomic E-state index is 12.9. The number of methoxy groups -OCH3 is 2. The fourth-order valence-corrected chi connectivity index (χ4v) is 2.03. The van der Waals surface area contributed by atoms with E-state index in [9.17, 15) is 14.0 Å². The molecule has 0 unspecified atom stereocenters. The minimum atomic E-state index is -0.497. The normalized spacial score (nSPS) is 10.5. The number of ether oxygens (including phenoxy) is 3. The van der Waals surface area contributed by atoms with Gasteiger partial charge in [-0.3, -0.25) is 4.79 Å². The zero-order valence-electron chi connectivity index (χ0n) is 13.8. The molecule has 0 spiro atoms. The summed E-state index contributed by atoms with van der Waals surface area (Å²) in [6, 6.07) is 10.5. The predicted molar refractivity (Wildman–Crippen MR) is 89.8 cm³/mol. The molecule has 0 aliphatic rings. The van der Waals surface area contributed by atoms with E-state index >= 15 is 0 Å². The molecule has 0 radical (unpaired) electrons. The molecule has 0 aliphatic carbocycles. The SMILES string of the molecule is COC(=O)C=Cc1ccc(OC(=O)Cc2ccc(F)cc2)c(OC)c1. The summed E-state index contributed by atoms with van der Waals surface area (Å²) in [6.45, 7) is 0.